The SMILES string of the molecule is O=C1CCC(C(=O)N2CCN(C(=O)CCC3CCCCC3)CC2)N1. The van der Waals surface area contributed by atoms with Gasteiger partial charge in [-0.3, -0.25) is 14.4 Å². The fourth-order valence-electron chi connectivity index (χ4n) is 4.16. The number of rotatable bonds is 4. The fraction of sp³-hybridized carbons (Fsp3) is 0.833. The minimum absolute atomic E-state index is 0.00940. The topological polar surface area (TPSA) is 69.7 Å². The Labute approximate surface area is 143 Å². The molecule has 1 atom stereocenters. The van der Waals surface area contributed by atoms with Gasteiger partial charge >= 0.3 is 0 Å². The van der Waals surface area contributed by atoms with Gasteiger partial charge in [0.25, 0.3) is 0 Å². The first kappa shape index (κ1) is 17.2. The van der Waals surface area contributed by atoms with Crippen molar-refractivity contribution in [3.05, 3.63) is 0 Å². The summed E-state index contributed by atoms with van der Waals surface area (Å²) in [5.41, 5.74) is 0. The van der Waals surface area contributed by atoms with Crippen molar-refractivity contribution in [2.75, 3.05) is 26.2 Å². The highest BCUT2D eigenvalue weighted by atomic mass is 16.2. The Morgan fingerprint density at radius 2 is 1.62 bits per heavy atom. The van der Waals surface area contributed by atoms with E-state index >= 15 is 0 Å². The maximum Gasteiger partial charge on any atom is 0.245 e. The molecule has 0 spiro atoms. The van der Waals surface area contributed by atoms with E-state index in [2.05, 4.69) is 5.32 Å². The Hall–Kier alpha value is -1.59. The second-order valence-corrected chi connectivity index (χ2v) is 7.41. The van der Waals surface area contributed by atoms with Gasteiger partial charge in [0.15, 0.2) is 0 Å². The predicted octanol–water partition coefficient (Wildman–Crippen LogP) is 1.30. The third-order valence-corrected chi connectivity index (χ3v) is 5.73. The van der Waals surface area contributed by atoms with E-state index in [9.17, 15) is 14.4 Å². The highest BCUT2D eigenvalue weighted by Crippen LogP contribution is 2.27. The molecular weight excluding hydrogens is 306 g/mol. The summed E-state index contributed by atoms with van der Waals surface area (Å²) in [7, 11) is 0. The van der Waals surface area contributed by atoms with Crippen LogP contribution in [-0.2, 0) is 14.4 Å². The second kappa shape index (κ2) is 7.99. The molecule has 134 valence electrons. The largest absolute Gasteiger partial charge is 0.344 e. The second-order valence-electron chi connectivity index (χ2n) is 7.41. The van der Waals surface area contributed by atoms with E-state index < -0.39 is 0 Å². The third kappa shape index (κ3) is 4.28. The van der Waals surface area contributed by atoms with Crippen molar-refractivity contribution >= 4 is 17.7 Å². The zero-order chi connectivity index (χ0) is 16.9. The first-order valence-electron chi connectivity index (χ1n) is 9.49. The Balaban J connectivity index is 1.38. The Morgan fingerprint density at radius 1 is 0.958 bits per heavy atom. The van der Waals surface area contributed by atoms with Crippen LogP contribution in [0.1, 0.15) is 57.8 Å². The Kier molecular flexibility index (Phi) is 5.74. The summed E-state index contributed by atoms with van der Waals surface area (Å²) < 4.78 is 0. The summed E-state index contributed by atoms with van der Waals surface area (Å²) in [6.07, 6.45) is 9.25. The van der Waals surface area contributed by atoms with Gasteiger partial charge in [0.2, 0.25) is 17.7 Å². The number of hydrogen-bond acceptors (Lipinski definition) is 3. The van der Waals surface area contributed by atoms with Crippen LogP contribution in [-0.4, -0.2) is 59.7 Å². The summed E-state index contributed by atoms with van der Waals surface area (Å²) in [6, 6.07) is -0.356. The Bertz CT molecular complexity index is 480. The van der Waals surface area contributed by atoms with Crippen molar-refractivity contribution in [2.45, 2.75) is 63.8 Å². The van der Waals surface area contributed by atoms with Crippen LogP contribution >= 0.6 is 0 Å². The Morgan fingerprint density at radius 3 is 2.25 bits per heavy atom. The van der Waals surface area contributed by atoms with Crippen LogP contribution in [0.2, 0.25) is 0 Å². The molecule has 0 aromatic rings. The molecule has 0 aromatic carbocycles. The molecule has 3 amide bonds. The van der Waals surface area contributed by atoms with Crippen LogP contribution in [0.4, 0.5) is 0 Å². The standard InChI is InChI=1S/C18H29N3O3/c22-16-8-7-15(19-16)18(24)21-12-10-20(11-13-21)17(23)9-6-14-4-2-1-3-5-14/h14-15H,1-13H2,(H,19,22). The monoisotopic (exact) mass is 335 g/mol. The molecule has 2 aliphatic heterocycles. The van der Waals surface area contributed by atoms with Crippen LogP contribution in [0.15, 0.2) is 0 Å². The molecule has 0 radical (unpaired) electrons. The number of hydrogen-bond donors (Lipinski definition) is 1. The summed E-state index contributed by atoms with van der Waals surface area (Å²) in [5, 5.41) is 2.73. The van der Waals surface area contributed by atoms with Crippen molar-refractivity contribution < 1.29 is 14.4 Å². The maximum absolute atomic E-state index is 12.4. The van der Waals surface area contributed by atoms with Crippen molar-refractivity contribution in [3.63, 3.8) is 0 Å². The lowest BCUT2D eigenvalue weighted by Crippen LogP contribution is -2.54. The van der Waals surface area contributed by atoms with Gasteiger partial charge in [-0.05, 0) is 18.8 Å². The third-order valence-electron chi connectivity index (χ3n) is 5.73. The van der Waals surface area contributed by atoms with Gasteiger partial charge < -0.3 is 15.1 Å². The van der Waals surface area contributed by atoms with Gasteiger partial charge in [0.1, 0.15) is 6.04 Å². The van der Waals surface area contributed by atoms with Crippen LogP contribution < -0.4 is 5.32 Å². The molecule has 0 aromatic heterocycles. The molecular formula is C18H29N3O3. The molecule has 6 heteroatoms. The van der Waals surface area contributed by atoms with Gasteiger partial charge in [0, 0.05) is 39.0 Å². The quantitative estimate of drug-likeness (QED) is 0.842. The molecule has 3 fully saturated rings. The summed E-state index contributed by atoms with van der Waals surface area (Å²) in [5.74, 6) is 0.943. The molecule has 2 heterocycles. The van der Waals surface area contributed by atoms with E-state index in [4.69, 9.17) is 0 Å². The zero-order valence-corrected chi connectivity index (χ0v) is 14.5. The smallest absolute Gasteiger partial charge is 0.245 e. The van der Waals surface area contributed by atoms with Gasteiger partial charge in [-0.15, -0.1) is 0 Å². The average molecular weight is 335 g/mol. The molecule has 1 saturated carbocycles. The highest BCUT2D eigenvalue weighted by molar-refractivity contribution is 5.91. The van der Waals surface area contributed by atoms with Crippen molar-refractivity contribution in [2.24, 2.45) is 5.92 Å². The first-order valence-corrected chi connectivity index (χ1v) is 9.49. The van der Waals surface area contributed by atoms with Crippen LogP contribution in [0.5, 0.6) is 0 Å². The lowest BCUT2D eigenvalue weighted by atomic mass is 9.86. The molecule has 3 aliphatic rings. The van der Waals surface area contributed by atoms with Gasteiger partial charge in [-0.1, -0.05) is 32.1 Å². The summed E-state index contributed by atoms with van der Waals surface area (Å²) in [4.78, 5) is 39.7. The molecule has 1 unspecified atom stereocenters. The fourth-order valence-corrected chi connectivity index (χ4v) is 4.16. The number of carbonyl (C=O) groups is 3. The number of amides is 3. The molecule has 24 heavy (non-hydrogen) atoms. The van der Waals surface area contributed by atoms with Gasteiger partial charge in [-0.25, -0.2) is 0 Å². The van der Waals surface area contributed by atoms with E-state index in [-0.39, 0.29) is 23.8 Å². The molecule has 3 rings (SSSR count). The van der Waals surface area contributed by atoms with E-state index in [0.29, 0.717) is 45.4 Å². The molecule has 0 bridgehead atoms. The lowest BCUT2D eigenvalue weighted by Gasteiger charge is -2.36. The molecule has 1 aliphatic carbocycles. The van der Waals surface area contributed by atoms with Gasteiger partial charge in [-0.2, -0.15) is 0 Å². The van der Waals surface area contributed by atoms with E-state index in [1.165, 1.54) is 32.1 Å². The van der Waals surface area contributed by atoms with Crippen LogP contribution in [0, 0.1) is 5.92 Å². The minimum Gasteiger partial charge on any atom is -0.344 e. The molecule has 6 nitrogen and oxygen atoms in total. The van der Waals surface area contributed by atoms with Crippen molar-refractivity contribution in [1.29, 1.82) is 0 Å². The summed E-state index contributed by atoms with van der Waals surface area (Å²) in [6.45, 7) is 2.41. The van der Waals surface area contributed by atoms with Crippen LogP contribution in [0.25, 0.3) is 0 Å². The van der Waals surface area contributed by atoms with E-state index in [0.717, 1.165) is 12.3 Å². The molecule has 2 saturated heterocycles. The average Bonchev–Trinajstić information content (AvgIpc) is 3.06. The number of nitrogens with one attached hydrogen (secondary N) is 1. The first-order chi connectivity index (χ1) is 11.6. The summed E-state index contributed by atoms with van der Waals surface area (Å²) >= 11 is 0. The maximum atomic E-state index is 12.4. The van der Waals surface area contributed by atoms with Crippen molar-refractivity contribution in [1.82, 2.24) is 15.1 Å². The highest BCUT2D eigenvalue weighted by Gasteiger charge is 2.33. The minimum atomic E-state index is -0.356. The van der Waals surface area contributed by atoms with Gasteiger partial charge in [0.05, 0.1) is 0 Å². The predicted molar refractivity (Wildman–Crippen MR) is 90.1 cm³/mol. The normalized spacial score (nSPS) is 25.7. The van der Waals surface area contributed by atoms with E-state index in [1.54, 1.807) is 4.90 Å². The number of nitrogens with zero attached hydrogens (tertiary/aromatic N) is 2. The molecule has 1 N–H and O–H groups in total. The van der Waals surface area contributed by atoms with E-state index in [1.807, 2.05) is 4.90 Å². The van der Waals surface area contributed by atoms with Crippen LogP contribution in [0.3, 0.4) is 0 Å². The zero-order valence-electron chi connectivity index (χ0n) is 14.5. The number of carbonyl (C=O) groups excluding carboxylic acids is 3. The lowest BCUT2D eigenvalue weighted by molar-refractivity contribution is -0.141. The number of piperazine rings is 1. The van der Waals surface area contributed by atoms with Crippen molar-refractivity contribution in [3.8, 4) is 0 Å².